The van der Waals surface area contributed by atoms with Gasteiger partial charge >= 0.3 is 11.9 Å². The molecule has 7 nitrogen and oxygen atoms in total. The number of methoxy groups -OCH3 is 1. The molecular formula is C24H37NO6. The molecule has 0 aliphatic heterocycles. The van der Waals surface area contributed by atoms with Crippen LogP contribution in [0, 0.1) is 5.92 Å². The van der Waals surface area contributed by atoms with E-state index in [0.29, 0.717) is 18.6 Å². The zero-order valence-corrected chi connectivity index (χ0v) is 19.2. The molecule has 7 heteroatoms. The first-order valence-corrected chi connectivity index (χ1v) is 11.3. The maximum Gasteiger partial charge on any atom is 0.320 e. The van der Waals surface area contributed by atoms with E-state index < -0.39 is 0 Å². The highest BCUT2D eigenvalue weighted by molar-refractivity contribution is 5.71. The number of ether oxygens (including phenoxy) is 3. The first kappa shape index (κ1) is 25.0. The second kappa shape index (κ2) is 12.5. The van der Waals surface area contributed by atoms with Gasteiger partial charge in [0.05, 0.1) is 13.7 Å². The standard InChI is InChI=1S/C24H37NO6/c1-5-6-7-8-20(30-16(2)26)14-22(31-24(28)15-25-3)18-10-9-17-12-21(27)23(29-4)13-19(17)11-18/h12-13,18,20,22,25,27H,5-11,14-15H2,1-4H3/t18-,20-,22-/m1/s1. The van der Waals surface area contributed by atoms with Crippen LogP contribution < -0.4 is 10.1 Å². The molecule has 0 heterocycles. The Balaban J connectivity index is 2.19. The number of hydrogen-bond acceptors (Lipinski definition) is 7. The number of nitrogens with one attached hydrogen (secondary N) is 1. The Kier molecular flexibility index (Phi) is 10.1. The third-order valence-corrected chi connectivity index (χ3v) is 5.85. The maximum atomic E-state index is 12.3. The minimum atomic E-state index is -0.347. The summed E-state index contributed by atoms with van der Waals surface area (Å²) < 4.78 is 16.7. The van der Waals surface area contributed by atoms with Crippen molar-refractivity contribution in [3.8, 4) is 11.5 Å². The summed E-state index contributed by atoms with van der Waals surface area (Å²) in [5.74, 6) is 0.0718. The van der Waals surface area contributed by atoms with Crippen LogP contribution in [0.2, 0.25) is 0 Å². The topological polar surface area (TPSA) is 94.1 Å². The van der Waals surface area contributed by atoms with Crippen molar-refractivity contribution in [2.24, 2.45) is 5.92 Å². The van der Waals surface area contributed by atoms with Gasteiger partial charge in [-0.15, -0.1) is 0 Å². The Bertz CT molecular complexity index is 735. The molecule has 0 radical (unpaired) electrons. The second-order valence-electron chi connectivity index (χ2n) is 8.32. The van der Waals surface area contributed by atoms with E-state index in [0.717, 1.165) is 49.7 Å². The number of aryl methyl sites for hydroxylation is 1. The Morgan fingerprint density at radius 2 is 2.00 bits per heavy atom. The van der Waals surface area contributed by atoms with Gasteiger partial charge in [-0.1, -0.05) is 19.8 Å². The lowest BCUT2D eigenvalue weighted by molar-refractivity contribution is -0.157. The van der Waals surface area contributed by atoms with Crippen molar-refractivity contribution < 1.29 is 28.9 Å². The summed E-state index contributed by atoms with van der Waals surface area (Å²) in [5, 5.41) is 12.9. The fourth-order valence-electron chi connectivity index (χ4n) is 4.32. The van der Waals surface area contributed by atoms with E-state index >= 15 is 0 Å². The van der Waals surface area contributed by atoms with Crippen molar-refractivity contribution in [2.75, 3.05) is 20.7 Å². The van der Waals surface area contributed by atoms with Crippen LogP contribution in [0.3, 0.4) is 0 Å². The number of benzene rings is 1. The first-order chi connectivity index (χ1) is 14.9. The van der Waals surface area contributed by atoms with Gasteiger partial charge in [0, 0.05) is 19.3 Å². The minimum Gasteiger partial charge on any atom is -0.504 e. The molecule has 31 heavy (non-hydrogen) atoms. The third kappa shape index (κ3) is 7.73. The predicted molar refractivity (Wildman–Crippen MR) is 118 cm³/mol. The highest BCUT2D eigenvalue weighted by Crippen LogP contribution is 2.37. The Labute approximate surface area is 185 Å². The number of hydrogen-bond donors (Lipinski definition) is 2. The van der Waals surface area contributed by atoms with Gasteiger partial charge in [-0.25, -0.2) is 0 Å². The fourth-order valence-corrected chi connectivity index (χ4v) is 4.32. The molecule has 0 bridgehead atoms. The van der Waals surface area contributed by atoms with Gasteiger partial charge in [0.15, 0.2) is 11.5 Å². The van der Waals surface area contributed by atoms with E-state index in [9.17, 15) is 14.7 Å². The Hall–Kier alpha value is -2.28. The molecule has 1 aliphatic carbocycles. The smallest absolute Gasteiger partial charge is 0.320 e. The van der Waals surface area contributed by atoms with E-state index in [1.165, 1.54) is 14.0 Å². The number of carbonyl (C=O) groups is 2. The molecule has 1 aromatic carbocycles. The molecule has 2 rings (SSSR count). The number of unbranched alkanes of at least 4 members (excludes halogenated alkanes) is 2. The van der Waals surface area contributed by atoms with Crippen LogP contribution in [0.15, 0.2) is 12.1 Å². The van der Waals surface area contributed by atoms with Gasteiger partial charge in [-0.3, -0.25) is 9.59 Å². The third-order valence-electron chi connectivity index (χ3n) is 5.85. The number of phenols is 1. The molecule has 0 saturated carbocycles. The maximum absolute atomic E-state index is 12.3. The van der Waals surface area contributed by atoms with E-state index in [1.54, 1.807) is 13.1 Å². The summed E-state index contributed by atoms with van der Waals surface area (Å²) in [6.45, 7) is 3.69. The number of phenolic OH excluding ortho intramolecular Hbond substituents is 1. The van der Waals surface area contributed by atoms with E-state index in [1.807, 2.05) is 6.07 Å². The molecule has 174 valence electrons. The normalized spacial score (nSPS) is 17.4. The van der Waals surface area contributed by atoms with Gasteiger partial charge in [0.1, 0.15) is 12.2 Å². The van der Waals surface area contributed by atoms with Crippen LogP contribution in [0.4, 0.5) is 0 Å². The fraction of sp³-hybridized carbons (Fsp3) is 0.667. The largest absolute Gasteiger partial charge is 0.504 e. The van der Waals surface area contributed by atoms with Crippen molar-refractivity contribution in [3.63, 3.8) is 0 Å². The van der Waals surface area contributed by atoms with Crippen molar-refractivity contribution >= 4 is 11.9 Å². The number of rotatable bonds is 12. The van der Waals surface area contributed by atoms with E-state index in [-0.39, 0.29) is 42.4 Å². The molecule has 1 aromatic rings. The van der Waals surface area contributed by atoms with Crippen LogP contribution in [-0.2, 0) is 31.9 Å². The molecular weight excluding hydrogens is 398 g/mol. The van der Waals surface area contributed by atoms with Crippen molar-refractivity contribution in [1.29, 1.82) is 0 Å². The lowest BCUT2D eigenvalue weighted by Gasteiger charge is -2.33. The summed E-state index contributed by atoms with van der Waals surface area (Å²) in [4.78, 5) is 24.0. The van der Waals surface area contributed by atoms with Crippen LogP contribution in [-0.4, -0.2) is 50.0 Å². The van der Waals surface area contributed by atoms with Crippen molar-refractivity contribution in [3.05, 3.63) is 23.3 Å². The molecule has 0 unspecified atom stereocenters. The van der Waals surface area contributed by atoms with Gasteiger partial charge in [0.25, 0.3) is 0 Å². The zero-order chi connectivity index (χ0) is 22.8. The van der Waals surface area contributed by atoms with E-state index in [2.05, 4.69) is 12.2 Å². The molecule has 0 fully saturated rings. The summed E-state index contributed by atoms with van der Waals surface area (Å²) in [5.41, 5.74) is 2.19. The average Bonchev–Trinajstić information content (AvgIpc) is 2.72. The number of likely N-dealkylation sites (N-methyl/N-ethyl adjacent to an activating group) is 1. The van der Waals surface area contributed by atoms with Crippen LogP contribution in [0.1, 0.15) is 63.5 Å². The molecule has 1 aliphatic rings. The number of carbonyl (C=O) groups excluding carboxylic acids is 2. The van der Waals surface area contributed by atoms with Crippen LogP contribution in [0.25, 0.3) is 0 Å². The molecule has 0 aromatic heterocycles. The first-order valence-electron chi connectivity index (χ1n) is 11.3. The molecule has 0 amide bonds. The van der Waals surface area contributed by atoms with Crippen LogP contribution >= 0.6 is 0 Å². The summed E-state index contributed by atoms with van der Waals surface area (Å²) in [7, 11) is 3.24. The summed E-state index contributed by atoms with van der Waals surface area (Å²) >= 11 is 0. The van der Waals surface area contributed by atoms with Gasteiger partial charge in [-0.05, 0) is 62.4 Å². The average molecular weight is 436 g/mol. The monoisotopic (exact) mass is 435 g/mol. The molecule has 2 N–H and O–H groups in total. The molecule has 0 spiro atoms. The molecule has 3 atom stereocenters. The number of aromatic hydroxyl groups is 1. The lowest BCUT2D eigenvalue weighted by atomic mass is 9.79. The van der Waals surface area contributed by atoms with Crippen molar-refractivity contribution in [2.45, 2.75) is 77.4 Å². The highest BCUT2D eigenvalue weighted by atomic mass is 16.6. The number of esters is 2. The summed E-state index contributed by atoms with van der Waals surface area (Å²) in [6, 6.07) is 3.63. The Morgan fingerprint density at radius 1 is 1.23 bits per heavy atom. The van der Waals surface area contributed by atoms with Gasteiger partial charge in [-0.2, -0.15) is 0 Å². The Morgan fingerprint density at radius 3 is 2.65 bits per heavy atom. The van der Waals surface area contributed by atoms with E-state index in [4.69, 9.17) is 14.2 Å². The van der Waals surface area contributed by atoms with Gasteiger partial charge in [0.2, 0.25) is 0 Å². The highest BCUT2D eigenvalue weighted by Gasteiger charge is 2.32. The van der Waals surface area contributed by atoms with Gasteiger partial charge < -0.3 is 24.6 Å². The number of fused-ring (bicyclic) bond motifs is 1. The predicted octanol–water partition coefficient (Wildman–Crippen LogP) is 3.54. The summed E-state index contributed by atoms with van der Waals surface area (Å²) in [6.07, 6.45) is 6.09. The SMILES string of the molecule is CCCCC[C@H](C[C@@H](OC(=O)CNC)[C@@H]1CCc2cc(O)c(OC)cc2C1)OC(C)=O. The minimum absolute atomic E-state index is 0.104. The zero-order valence-electron chi connectivity index (χ0n) is 19.2. The lowest BCUT2D eigenvalue weighted by Crippen LogP contribution is -2.37. The molecule has 0 saturated heterocycles. The quantitative estimate of drug-likeness (QED) is 0.383. The van der Waals surface area contributed by atoms with Crippen LogP contribution in [0.5, 0.6) is 11.5 Å². The van der Waals surface area contributed by atoms with Crippen molar-refractivity contribution in [1.82, 2.24) is 5.32 Å². The second-order valence-corrected chi connectivity index (χ2v) is 8.32.